The van der Waals surface area contributed by atoms with Gasteiger partial charge in [-0.05, 0) is 39.2 Å². The average molecular weight is 356 g/mol. The second-order valence-electron chi connectivity index (χ2n) is 6.86. The first kappa shape index (κ1) is 18.8. The quantitative estimate of drug-likeness (QED) is 0.481. The molecule has 1 N–H and O–H groups in total. The summed E-state index contributed by atoms with van der Waals surface area (Å²) < 4.78 is 25.4. The second-order valence-corrected chi connectivity index (χ2v) is 9.60. The minimum atomic E-state index is -3.03. The Bertz CT molecular complexity index is 678. The van der Waals surface area contributed by atoms with Gasteiger partial charge in [-0.3, -0.25) is 9.67 Å². The summed E-state index contributed by atoms with van der Waals surface area (Å²) in [6, 6.07) is 0. The molecule has 1 aromatic rings. The predicted octanol–water partition coefficient (Wildman–Crippen LogP) is 0.827. The van der Waals surface area contributed by atoms with Crippen molar-refractivity contribution in [3.05, 3.63) is 18.0 Å². The molecule has 1 aliphatic heterocycles. The number of hydrogen-bond donors (Lipinski definition) is 1. The van der Waals surface area contributed by atoms with Crippen molar-refractivity contribution in [3.8, 4) is 0 Å². The summed E-state index contributed by atoms with van der Waals surface area (Å²) in [7, 11) is -1.12. The van der Waals surface area contributed by atoms with E-state index in [1.54, 1.807) is 18.5 Å². The summed E-state index contributed by atoms with van der Waals surface area (Å²) in [6.07, 6.45) is 5.78. The fraction of sp³-hybridized carbons (Fsp3) is 0.750. The fourth-order valence-electron chi connectivity index (χ4n) is 2.82. The molecule has 0 bridgehead atoms. The van der Waals surface area contributed by atoms with Crippen LogP contribution in [0.2, 0.25) is 0 Å². The van der Waals surface area contributed by atoms with Crippen LogP contribution in [0.3, 0.4) is 0 Å². The van der Waals surface area contributed by atoms with E-state index in [4.69, 9.17) is 0 Å². The van der Waals surface area contributed by atoms with Gasteiger partial charge in [0.2, 0.25) is 0 Å². The second kappa shape index (κ2) is 7.55. The molecular formula is C16H29N5O2S. The van der Waals surface area contributed by atoms with Gasteiger partial charge >= 0.3 is 0 Å². The Balaban J connectivity index is 1.95. The number of rotatable bonds is 5. The van der Waals surface area contributed by atoms with Crippen molar-refractivity contribution in [1.82, 2.24) is 20.0 Å². The number of guanidine groups is 1. The first-order chi connectivity index (χ1) is 11.2. The van der Waals surface area contributed by atoms with Gasteiger partial charge in [0.05, 0.1) is 16.7 Å². The van der Waals surface area contributed by atoms with E-state index >= 15 is 0 Å². The first-order valence-electron chi connectivity index (χ1n) is 8.48. The highest BCUT2D eigenvalue weighted by molar-refractivity contribution is 7.92. The standard InChI is InChI=1S/C16H29N5O2S/c1-5-17-15(18-8-6-7-14-11-19-20(4)12-14)21-9-10-24(22,23)16(2,3)13-21/h11-12H,5-10,13H2,1-4H3,(H,17,18). The highest BCUT2D eigenvalue weighted by Gasteiger charge is 2.40. The molecule has 0 aliphatic carbocycles. The van der Waals surface area contributed by atoms with Gasteiger partial charge in [0.1, 0.15) is 0 Å². The largest absolute Gasteiger partial charge is 0.357 e. The van der Waals surface area contributed by atoms with Crippen LogP contribution >= 0.6 is 0 Å². The van der Waals surface area contributed by atoms with Gasteiger partial charge in [-0.1, -0.05) is 0 Å². The molecule has 8 heteroatoms. The zero-order valence-electron chi connectivity index (χ0n) is 15.1. The van der Waals surface area contributed by atoms with Gasteiger partial charge in [-0.25, -0.2) is 8.42 Å². The molecule has 0 spiro atoms. The molecular weight excluding hydrogens is 326 g/mol. The maximum absolute atomic E-state index is 12.2. The lowest BCUT2D eigenvalue weighted by molar-refractivity contribution is 0.353. The van der Waals surface area contributed by atoms with E-state index in [9.17, 15) is 8.42 Å². The third-order valence-electron chi connectivity index (χ3n) is 4.32. The Morgan fingerprint density at radius 3 is 2.79 bits per heavy atom. The zero-order valence-corrected chi connectivity index (χ0v) is 15.9. The number of nitrogens with zero attached hydrogens (tertiary/aromatic N) is 4. The number of aryl methyl sites for hydroxylation is 2. The van der Waals surface area contributed by atoms with Crippen LogP contribution in [0.4, 0.5) is 0 Å². The Morgan fingerprint density at radius 2 is 2.21 bits per heavy atom. The molecule has 1 saturated heterocycles. The molecule has 1 aromatic heterocycles. The molecule has 0 atom stereocenters. The number of aliphatic imine (C=N–C) groups is 1. The lowest BCUT2D eigenvalue weighted by atomic mass is 10.2. The van der Waals surface area contributed by atoms with Crippen molar-refractivity contribution in [2.24, 2.45) is 12.0 Å². The lowest BCUT2D eigenvalue weighted by Crippen LogP contribution is -2.57. The maximum atomic E-state index is 12.2. The summed E-state index contributed by atoms with van der Waals surface area (Å²) in [6.45, 7) is 8.06. The topological polar surface area (TPSA) is 79.6 Å². The van der Waals surface area contributed by atoms with Crippen molar-refractivity contribution >= 4 is 15.8 Å². The van der Waals surface area contributed by atoms with Gasteiger partial charge in [0.15, 0.2) is 15.8 Å². The Labute approximate surface area is 145 Å². The molecule has 1 aliphatic rings. The van der Waals surface area contributed by atoms with Gasteiger partial charge in [-0.2, -0.15) is 5.10 Å². The Kier molecular flexibility index (Phi) is 5.90. The van der Waals surface area contributed by atoms with Crippen molar-refractivity contribution in [2.75, 3.05) is 31.9 Å². The summed E-state index contributed by atoms with van der Waals surface area (Å²) in [4.78, 5) is 6.75. The van der Waals surface area contributed by atoms with Crippen LogP contribution in [0.1, 0.15) is 32.8 Å². The van der Waals surface area contributed by atoms with Crippen LogP contribution in [0, 0.1) is 0 Å². The molecule has 1 fully saturated rings. The number of aromatic nitrogens is 2. The monoisotopic (exact) mass is 355 g/mol. The molecule has 0 saturated carbocycles. The number of nitrogens with one attached hydrogen (secondary N) is 1. The minimum Gasteiger partial charge on any atom is -0.357 e. The van der Waals surface area contributed by atoms with Crippen LogP contribution in [-0.2, 0) is 23.3 Å². The number of hydrogen-bond acceptors (Lipinski definition) is 4. The lowest BCUT2D eigenvalue weighted by Gasteiger charge is -2.39. The Morgan fingerprint density at radius 1 is 1.46 bits per heavy atom. The van der Waals surface area contributed by atoms with Crippen LogP contribution in [-0.4, -0.2) is 65.7 Å². The molecule has 24 heavy (non-hydrogen) atoms. The van der Waals surface area contributed by atoms with Crippen molar-refractivity contribution in [3.63, 3.8) is 0 Å². The van der Waals surface area contributed by atoms with Gasteiger partial charge in [-0.15, -0.1) is 0 Å². The smallest absolute Gasteiger partial charge is 0.193 e. The van der Waals surface area contributed by atoms with Crippen LogP contribution < -0.4 is 5.32 Å². The van der Waals surface area contributed by atoms with E-state index in [1.807, 2.05) is 26.4 Å². The van der Waals surface area contributed by atoms with Crippen LogP contribution in [0.5, 0.6) is 0 Å². The van der Waals surface area contributed by atoms with Crippen molar-refractivity contribution in [2.45, 2.75) is 38.4 Å². The third kappa shape index (κ3) is 4.49. The first-order valence-corrected chi connectivity index (χ1v) is 10.1. The zero-order chi connectivity index (χ0) is 17.8. The molecule has 2 heterocycles. The average Bonchev–Trinajstić information content (AvgIpc) is 2.91. The van der Waals surface area contributed by atoms with Gasteiger partial charge in [0, 0.05) is 39.4 Å². The summed E-state index contributed by atoms with van der Waals surface area (Å²) >= 11 is 0. The van der Waals surface area contributed by atoms with Gasteiger partial charge < -0.3 is 10.2 Å². The predicted molar refractivity (Wildman–Crippen MR) is 96.9 cm³/mol. The van der Waals surface area contributed by atoms with E-state index in [-0.39, 0.29) is 5.75 Å². The Hall–Kier alpha value is -1.57. The maximum Gasteiger partial charge on any atom is 0.193 e. The van der Waals surface area contributed by atoms with Crippen LogP contribution in [0.25, 0.3) is 0 Å². The summed E-state index contributed by atoms with van der Waals surface area (Å²) in [5, 5.41) is 7.45. The van der Waals surface area contributed by atoms with Gasteiger partial charge in [0.25, 0.3) is 0 Å². The third-order valence-corrected chi connectivity index (χ3v) is 6.85. The fourth-order valence-corrected chi connectivity index (χ4v) is 4.19. The molecule has 7 nitrogen and oxygen atoms in total. The van der Waals surface area contributed by atoms with E-state index in [0.717, 1.165) is 25.3 Å². The minimum absolute atomic E-state index is 0.181. The highest BCUT2D eigenvalue weighted by Crippen LogP contribution is 2.23. The molecule has 0 unspecified atom stereocenters. The summed E-state index contributed by atoms with van der Waals surface area (Å²) in [5.41, 5.74) is 1.21. The van der Waals surface area contributed by atoms with E-state index in [1.165, 1.54) is 5.56 Å². The molecule has 0 amide bonds. The van der Waals surface area contributed by atoms with Crippen LogP contribution in [0.15, 0.2) is 17.4 Å². The highest BCUT2D eigenvalue weighted by atomic mass is 32.2. The SMILES string of the molecule is CCNC(=NCCCc1cnn(C)c1)N1CCS(=O)(=O)C(C)(C)C1. The van der Waals surface area contributed by atoms with Crippen molar-refractivity contribution < 1.29 is 8.42 Å². The van der Waals surface area contributed by atoms with Crippen molar-refractivity contribution in [1.29, 1.82) is 0 Å². The normalized spacial score (nSPS) is 20.2. The van der Waals surface area contributed by atoms with E-state index in [2.05, 4.69) is 20.3 Å². The van der Waals surface area contributed by atoms with E-state index < -0.39 is 14.6 Å². The molecule has 0 aromatic carbocycles. The molecule has 136 valence electrons. The molecule has 0 radical (unpaired) electrons. The van der Waals surface area contributed by atoms with E-state index in [0.29, 0.717) is 19.6 Å². The summed E-state index contributed by atoms with van der Waals surface area (Å²) in [5.74, 6) is 0.992. The number of sulfone groups is 1. The molecule has 2 rings (SSSR count).